The van der Waals surface area contributed by atoms with Gasteiger partial charge in [0.15, 0.2) is 0 Å². The first-order valence-electron chi connectivity index (χ1n) is 10.4. The minimum Gasteiger partial charge on any atom is -0.507 e. The van der Waals surface area contributed by atoms with E-state index in [1.54, 1.807) is 36.4 Å². The van der Waals surface area contributed by atoms with E-state index >= 15 is 0 Å². The van der Waals surface area contributed by atoms with Crippen molar-refractivity contribution in [2.75, 3.05) is 0 Å². The number of aromatic hydroxyl groups is 4. The van der Waals surface area contributed by atoms with E-state index in [9.17, 15) is 20.4 Å². The SMILES string of the molecule is Cc1cc(C)c(O)c(-c2cc(C)cc(C)c2O)c1.Oc1ccccc1-c1ccccc1O. The summed E-state index contributed by atoms with van der Waals surface area (Å²) in [6, 6.07) is 21.5. The second-order valence-corrected chi connectivity index (χ2v) is 7.99. The minimum atomic E-state index is 0.175. The first-order chi connectivity index (χ1) is 15.2. The van der Waals surface area contributed by atoms with Crippen molar-refractivity contribution in [3.8, 4) is 45.3 Å². The Morgan fingerprint density at radius 1 is 0.438 bits per heavy atom. The fourth-order valence-electron chi connectivity index (χ4n) is 3.73. The third-order valence-electron chi connectivity index (χ3n) is 5.28. The van der Waals surface area contributed by atoms with Gasteiger partial charge in [0.05, 0.1) is 0 Å². The number of hydrogen-bond donors (Lipinski definition) is 4. The van der Waals surface area contributed by atoms with E-state index in [4.69, 9.17) is 0 Å². The number of phenolic OH excluding ortho intramolecular Hbond substituents is 4. The van der Waals surface area contributed by atoms with Crippen molar-refractivity contribution in [1.82, 2.24) is 0 Å². The lowest BCUT2D eigenvalue weighted by Gasteiger charge is -2.13. The van der Waals surface area contributed by atoms with Gasteiger partial charge in [-0.15, -0.1) is 0 Å². The average molecular weight is 429 g/mol. The van der Waals surface area contributed by atoms with Gasteiger partial charge in [0, 0.05) is 22.3 Å². The molecule has 32 heavy (non-hydrogen) atoms. The summed E-state index contributed by atoms with van der Waals surface area (Å²) in [6.45, 7) is 7.70. The van der Waals surface area contributed by atoms with E-state index in [1.165, 1.54) is 0 Å². The monoisotopic (exact) mass is 428 g/mol. The molecule has 4 aromatic rings. The Bertz CT molecular complexity index is 1160. The minimum absolute atomic E-state index is 0.175. The standard InChI is InChI=1S/C16H18O2.C12H10O2/c1-9-5-11(3)15(17)13(7-9)14-8-10(2)6-12(4)16(14)18;13-11-7-3-1-5-9(11)10-6-2-4-8-12(10)14/h5-8,17-18H,1-4H3;1-8,13-14H. The quantitative estimate of drug-likeness (QED) is 0.284. The van der Waals surface area contributed by atoms with Gasteiger partial charge in [-0.2, -0.15) is 0 Å². The molecule has 4 aromatic carbocycles. The topological polar surface area (TPSA) is 80.9 Å². The number of benzene rings is 4. The van der Waals surface area contributed by atoms with Crippen LogP contribution < -0.4 is 0 Å². The van der Waals surface area contributed by atoms with Crippen molar-refractivity contribution in [2.24, 2.45) is 0 Å². The number of aryl methyl sites for hydroxylation is 4. The normalized spacial score (nSPS) is 10.4. The maximum absolute atomic E-state index is 10.2. The molecule has 4 N–H and O–H groups in total. The van der Waals surface area contributed by atoms with Crippen LogP contribution in [0.4, 0.5) is 0 Å². The molecule has 0 radical (unpaired) electrons. The zero-order chi connectivity index (χ0) is 23.4. The summed E-state index contributed by atoms with van der Waals surface area (Å²) in [7, 11) is 0. The molecule has 0 amide bonds. The summed E-state index contributed by atoms with van der Waals surface area (Å²) in [6.07, 6.45) is 0. The highest BCUT2D eigenvalue weighted by molar-refractivity contribution is 5.79. The highest BCUT2D eigenvalue weighted by Gasteiger charge is 2.14. The van der Waals surface area contributed by atoms with Gasteiger partial charge >= 0.3 is 0 Å². The molecule has 0 aromatic heterocycles. The summed E-state index contributed by atoms with van der Waals surface area (Å²) in [4.78, 5) is 0. The van der Waals surface area contributed by atoms with Crippen molar-refractivity contribution in [3.63, 3.8) is 0 Å². The Labute approximate surface area is 188 Å². The second kappa shape index (κ2) is 9.48. The Morgan fingerprint density at radius 2 is 0.781 bits per heavy atom. The lowest BCUT2D eigenvalue weighted by Crippen LogP contribution is -1.89. The Balaban J connectivity index is 0.000000186. The van der Waals surface area contributed by atoms with E-state index in [2.05, 4.69) is 0 Å². The van der Waals surface area contributed by atoms with Gasteiger partial charge < -0.3 is 20.4 Å². The zero-order valence-electron chi connectivity index (χ0n) is 18.7. The van der Waals surface area contributed by atoms with Crippen LogP contribution in [0.3, 0.4) is 0 Å². The molecular weight excluding hydrogens is 400 g/mol. The molecule has 4 nitrogen and oxygen atoms in total. The van der Waals surface area contributed by atoms with Gasteiger partial charge in [-0.05, 0) is 74.2 Å². The summed E-state index contributed by atoms with van der Waals surface area (Å²) < 4.78 is 0. The van der Waals surface area contributed by atoms with Gasteiger partial charge in [-0.1, -0.05) is 48.5 Å². The van der Waals surface area contributed by atoms with Gasteiger partial charge in [0.2, 0.25) is 0 Å². The Hall–Kier alpha value is -3.92. The molecule has 0 bridgehead atoms. The lowest BCUT2D eigenvalue weighted by atomic mass is 9.95. The van der Waals surface area contributed by atoms with Gasteiger partial charge in [0.25, 0.3) is 0 Å². The van der Waals surface area contributed by atoms with Crippen molar-refractivity contribution in [3.05, 3.63) is 95.1 Å². The largest absolute Gasteiger partial charge is 0.507 e. The van der Waals surface area contributed by atoms with Crippen LogP contribution >= 0.6 is 0 Å². The zero-order valence-corrected chi connectivity index (χ0v) is 18.7. The predicted molar refractivity (Wildman–Crippen MR) is 129 cm³/mol. The molecule has 0 aliphatic carbocycles. The summed E-state index contributed by atoms with van der Waals surface area (Å²) in [5.41, 5.74) is 6.45. The van der Waals surface area contributed by atoms with Crippen LogP contribution in [-0.4, -0.2) is 20.4 Å². The molecule has 4 heteroatoms. The number of rotatable bonds is 2. The van der Waals surface area contributed by atoms with Crippen LogP contribution in [0.25, 0.3) is 22.3 Å². The predicted octanol–water partition coefficient (Wildman–Crippen LogP) is 6.76. The molecule has 0 unspecified atom stereocenters. The number of hydrogen-bond acceptors (Lipinski definition) is 4. The second-order valence-electron chi connectivity index (χ2n) is 7.99. The third-order valence-corrected chi connectivity index (χ3v) is 5.28. The molecule has 0 aliphatic heterocycles. The molecule has 0 fully saturated rings. The summed E-state index contributed by atoms with van der Waals surface area (Å²) >= 11 is 0. The van der Waals surface area contributed by atoms with Gasteiger partial charge in [-0.25, -0.2) is 0 Å². The molecule has 0 aliphatic rings. The molecule has 164 valence electrons. The van der Waals surface area contributed by atoms with E-state index in [0.29, 0.717) is 22.3 Å². The molecule has 0 saturated heterocycles. The van der Waals surface area contributed by atoms with Crippen LogP contribution in [0, 0.1) is 27.7 Å². The Kier molecular flexibility index (Phi) is 6.74. The van der Waals surface area contributed by atoms with Crippen LogP contribution in [0.5, 0.6) is 23.0 Å². The smallest absolute Gasteiger partial charge is 0.126 e. The maximum atomic E-state index is 10.2. The number of para-hydroxylation sites is 2. The summed E-state index contributed by atoms with van der Waals surface area (Å²) in [5.74, 6) is 0.824. The highest BCUT2D eigenvalue weighted by atomic mass is 16.3. The highest BCUT2D eigenvalue weighted by Crippen LogP contribution is 2.40. The van der Waals surface area contributed by atoms with Crippen LogP contribution in [-0.2, 0) is 0 Å². The van der Waals surface area contributed by atoms with Crippen molar-refractivity contribution < 1.29 is 20.4 Å². The molecule has 0 spiro atoms. The van der Waals surface area contributed by atoms with Gasteiger partial charge in [-0.3, -0.25) is 0 Å². The third kappa shape index (κ3) is 4.86. The fourth-order valence-corrected chi connectivity index (χ4v) is 3.73. The fraction of sp³-hybridized carbons (Fsp3) is 0.143. The van der Waals surface area contributed by atoms with E-state index in [1.807, 2.05) is 64.1 Å². The first kappa shape index (κ1) is 22.8. The van der Waals surface area contributed by atoms with Crippen molar-refractivity contribution >= 4 is 0 Å². The molecule has 0 atom stereocenters. The first-order valence-corrected chi connectivity index (χ1v) is 10.4. The van der Waals surface area contributed by atoms with Crippen LogP contribution in [0.2, 0.25) is 0 Å². The summed E-state index contributed by atoms with van der Waals surface area (Å²) in [5, 5.41) is 39.5. The van der Waals surface area contributed by atoms with Gasteiger partial charge in [0.1, 0.15) is 23.0 Å². The maximum Gasteiger partial charge on any atom is 0.126 e. The average Bonchev–Trinajstić information content (AvgIpc) is 2.75. The van der Waals surface area contributed by atoms with Crippen molar-refractivity contribution in [1.29, 1.82) is 0 Å². The van der Waals surface area contributed by atoms with E-state index in [-0.39, 0.29) is 23.0 Å². The molecule has 4 rings (SSSR count). The number of phenols is 4. The molecule has 0 saturated carbocycles. The lowest BCUT2D eigenvalue weighted by molar-refractivity contribution is 0.465. The van der Waals surface area contributed by atoms with Crippen LogP contribution in [0.15, 0.2) is 72.8 Å². The van der Waals surface area contributed by atoms with E-state index in [0.717, 1.165) is 22.3 Å². The molecule has 0 heterocycles. The van der Waals surface area contributed by atoms with Crippen molar-refractivity contribution in [2.45, 2.75) is 27.7 Å². The van der Waals surface area contributed by atoms with E-state index < -0.39 is 0 Å². The Morgan fingerprint density at radius 3 is 1.12 bits per heavy atom. The van der Waals surface area contributed by atoms with Crippen LogP contribution in [0.1, 0.15) is 22.3 Å². The molecular formula is C28H28O4.